The first-order valence-corrected chi connectivity index (χ1v) is 7.24. The summed E-state index contributed by atoms with van der Waals surface area (Å²) in [5.74, 6) is 0.648. The molecule has 20 heavy (non-hydrogen) atoms. The number of fused-ring (bicyclic) bond motifs is 1. The molecular weight excluding hydrogens is 254 g/mol. The molecule has 1 aliphatic rings. The molecule has 1 aliphatic heterocycles. The minimum absolute atomic E-state index is 0.0305. The lowest BCUT2D eigenvalue weighted by atomic mass is 10.1. The van der Waals surface area contributed by atoms with Gasteiger partial charge in [0.25, 0.3) is 5.91 Å². The summed E-state index contributed by atoms with van der Waals surface area (Å²) in [6.07, 6.45) is 4.75. The van der Waals surface area contributed by atoms with Crippen LogP contribution in [0, 0.1) is 0 Å². The minimum Gasteiger partial charge on any atom is -0.479 e. The smallest absolute Gasteiger partial charge is 0.267 e. The van der Waals surface area contributed by atoms with Crippen molar-refractivity contribution in [1.82, 2.24) is 0 Å². The van der Waals surface area contributed by atoms with E-state index in [0.717, 1.165) is 19.1 Å². The van der Waals surface area contributed by atoms with Crippen molar-refractivity contribution in [3.8, 4) is 5.75 Å². The van der Waals surface area contributed by atoms with Crippen molar-refractivity contribution >= 4 is 17.9 Å². The molecule has 0 radical (unpaired) electrons. The van der Waals surface area contributed by atoms with Gasteiger partial charge in [0, 0.05) is 12.1 Å². The van der Waals surface area contributed by atoms with Crippen molar-refractivity contribution in [1.29, 1.82) is 0 Å². The van der Waals surface area contributed by atoms with Crippen molar-refractivity contribution < 1.29 is 14.3 Å². The van der Waals surface area contributed by atoms with Gasteiger partial charge in [0.1, 0.15) is 12.0 Å². The first kappa shape index (κ1) is 14.6. The van der Waals surface area contributed by atoms with E-state index in [4.69, 9.17) is 4.74 Å². The van der Waals surface area contributed by atoms with Crippen molar-refractivity contribution in [2.45, 2.75) is 45.6 Å². The van der Waals surface area contributed by atoms with Gasteiger partial charge in [0.15, 0.2) is 6.10 Å². The standard InChI is InChI=1S/C16H21NO3/c1-3-4-5-6-9-17-14-10-13(11-18)7-8-15(14)20-12(2)16(17)19/h7-8,10-12H,3-6,9H2,1-2H3. The Hall–Kier alpha value is -1.84. The van der Waals surface area contributed by atoms with Crippen molar-refractivity contribution in [2.75, 3.05) is 11.4 Å². The van der Waals surface area contributed by atoms with E-state index in [1.165, 1.54) is 12.8 Å². The van der Waals surface area contributed by atoms with Crippen molar-refractivity contribution in [2.24, 2.45) is 0 Å². The molecule has 1 aromatic carbocycles. The van der Waals surface area contributed by atoms with Gasteiger partial charge in [-0.25, -0.2) is 0 Å². The van der Waals surface area contributed by atoms with Crippen LogP contribution in [-0.4, -0.2) is 24.8 Å². The lowest BCUT2D eigenvalue weighted by molar-refractivity contribution is -0.125. The second-order valence-electron chi connectivity index (χ2n) is 5.16. The van der Waals surface area contributed by atoms with Crippen LogP contribution in [0.1, 0.15) is 49.9 Å². The Kier molecular flexibility index (Phi) is 4.77. The maximum Gasteiger partial charge on any atom is 0.267 e. The predicted octanol–water partition coefficient (Wildman–Crippen LogP) is 3.19. The molecule has 1 atom stereocenters. The first-order chi connectivity index (χ1) is 9.67. The quantitative estimate of drug-likeness (QED) is 0.591. The number of aldehydes is 1. The summed E-state index contributed by atoms with van der Waals surface area (Å²) in [7, 11) is 0. The summed E-state index contributed by atoms with van der Waals surface area (Å²) in [4.78, 5) is 24.9. The molecular formula is C16H21NO3. The van der Waals surface area contributed by atoms with Gasteiger partial charge in [0.2, 0.25) is 0 Å². The summed E-state index contributed by atoms with van der Waals surface area (Å²) >= 11 is 0. The van der Waals surface area contributed by atoms with Crippen LogP contribution in [0.15, 0.2) is 18.2 Å². The normalized spacial score (nSPS) is 17.6. The van der Waals surface area contributed by atoms with E-state index in [1.54, 1.807) is 30.0 Å². The number of hydrogen-bond donors (Lipinski definition) is 0. The molecule has 1 unspecified atom stereocenters. The number of anilines is 1. The molecule has 0 bridgehead atoms. The molecule has 0 saturated carbocycles. The second-order valence-corrected chi connectivity index (χ2v) is 5.16. The topological polar surface area (TPSA) is 46.6 Å². The van der Waals surface area contributed by atoms with Gasteiger partial charge >= 0.3 is 0 Å². The largest absolute Gasteiger partial charge is 0.479 e. The molecule has 1 aromatic rings. The zero-order chi connectivity index (χ0) is 14.5. The van der Waals surface area contributed by atoms with Gasteiger partial charge in [-0.2, -0.15) is 0 Å². The Bertz CT molecular complexity index is 498. The molecule has 4 nitrogen and oxygen atoms in total. The van der Waals surface area contributed by atoms with Gasteiger partial charge in [-0.15, -0.1) is 0 Å². The first-order valence-electron chi connectivity index (χ1n) is 7.24. The number of carbonyl (C=O) groups is 2. The van der Waals surface area contributed by atoms with E-state index in [-0.39, 0.29) is 5.91 Å². The van der Waals surface area contributed by atoms with Crippen LogP contribution in [0.2, 0.25) is 0 Å². The molecule has 108 valence electrons. The van der Waals surface area contributed by atoms with E-state index in [0.29, 0.717) is 23.5 Å². The van der Waals surface area contributed by atoms with Crippen LogP contribution < -0.4 is 9.64 Å². The molecule has 2 rings (SSSR count). The monoisotopic (exact) mass is 275 g/mol. The number of nitrogens with zero attached hydrogens (tertiary/aromatic N) is 1. The van der Waals surface area contributed by atoms with E-state index in [9.17, 15) is 9.59 Å². The second kappa shape index (κ2) is 6.55. The summed E-state index contributed by atoms with van der Waals surface area (Å²) in [5.41, 5.74) is 1.28. The predicted molar refractivity (Wildman–Crippen MR) is 78.4 cm³/mol. The highest BCUT2D eigenvalue weighted by molar-refractivity contribution is 6.00. The number of rotatable bonds is 6. The third-order valence-corrected chi connectivity index (χ3v) is 3.56. The van der Waals surface area contributed by atoms with Crippen molar-refractivity contribution in [3.05, 3.63) is 23.8 Å². The lowest BCUT2D eigenvalue weighted by Crippen LogP contribution is -2.44. The van der Waals surface area contributed by atoms with Crippen LogP contribution in [0.5, 0.6) is 5.75 Å². The highest BCUT2D eigenvalue weighted by Crippen LogP contribution is 2.34. The van der Waals surface area contributed by atoms with E-state index < -0.39 is 6.10 Å². The van der Waals surface area contributed by atoms with E-state index in [2.05, 4.69) is 6.92 Å². The number of amides is 1. The Balaban J connectivity index is 2.20. The number of carbonyl (C=O) groups excluding carboxylic acids is 2. The Morgan fingerprint density at radius 3 is 2.80 bits per heavy atom. The van der Waals surface area contributed by atoms with E-state index in [1.807, 2.05) is 0 Å². The zero-order valence-corrected chi connectivity index (χ0v) is 12.1. The summed E-state index contributed by atoms with van der Waals surface area (Å²) in [6.45, 7) is 4.60. The molecule has 4 heteroatoms. The highest BCUT2D eigenvalue weighted by atomic mass is 16.5. The minimum atomic E-state index is -0.462. The number of benzene rings is 1. The molecule has 1 amide bonds. The third kappa shape index (κ3) is 3.00. The fourth-order valence-corrected chi connectivity index (χ4v) is 2.42. The van der Waals surface area contributed by atoms with Crippen LogP contribution in [0.25, 0.3) is 0 Å². The van der Waals surface area contributed by atoms with Crippen LogP contribution in [-0.2, 0) is 4.79 Å². The maximum atomic E-state index is 12.3. The molecule has 0 aliphatic carbocycles. The molecule has 1 heterocycles. The zero-order valence-electron chi connectivity index (χ0n) is 12.1. The molecule has 0 N–H and O–H groups in total. The van der Waals surface area contributed by atoms with Gasteiger partial charge in [-0.1, -0.05) is 26.2 Å². The number of ether oxygens (including phenoxy) is 1. The average Bonchev–Trinajstić information content (AvgIpc) is 2.46. The highest BCUT2D eigenvalue weighted by Gasteiger charge is 2.31. The Morgan fingerprint density at radius 1 is 1.30 bits per heavy atom. The molecule has 0 spiro atoms. The SMILES string of the molecule is CCCCCCN1C(=O)C(C)Oc2ccc(C=O)cc21. The maximum absolute atomic E-state index is 12.3. The van der Waals surface area contributed by atoms with Gasteiger partial charge < -0.3 is 9.64 Å². The summed E-state index contributed by atoms with van der Waals surface area (Å²) in [6, 6.07) is 5.20. The van der Waals surface area contributed by atoms with Crippen LogP contribution in [0.3, 0.4) is 0 Å². The molecule has 0 saturated heterocycles. The third-order valence-electron chi connectivity index (χ3n) is 3.56. The Morgan fingerprint density at radius 2 is 2.10 bits per heavy atom. The summed E-state index contributed by atoms with van der Waals surface area (Å²) < 4.78 is 5.59. The number of unbranched alkanes of at least 4 members (excludes halogenated alkanes) is 3. The average molecular weight is 275 g/mol. The Labute approximate surface area is 119 Å². The van der Waals surface area contributed by atoms with Crippen LogP contribution in [0.4, 0.5) is 5.69 Å². The van der Waals surface area contributed by atoms with E-state index >= 15 is 0 Å². The van der Waals surface area contributed by atoms with Crippen LogP contribution >= 0.6 is 0 Å². The summed E-state index contributed by atoms with van der Waals surface area (Å²) in [5, 5.41) is 0. The number of hydrogen-bond acceptors (Lipinski definition) is 3. The van der Waals surface area contributed by atoms with Gasteiger partial charge in [-0.3, -0.25) is 9.59 Å². The molecule has 0 aromatic heterocycles. The molecule has 0 fully saturated rings. The van der Waals surface area contributed by atoms with Crippen molar-refractivity contribution in [3.63, 3.8) is 0 Å². The van der Waals surface area contributed by atoms with Gasteiger partial charge in [0.05, 0.1) is 5.69 Å². The lowest BCUT2D eigenvalue weighted by Gasteiger charge is -2.33. The van der Waals surface area contributed by atoms with Gasteiger partial charge in [-0.05, 0) is 31.5 Å². The fourth-order valence-electron chi connectivity index (χ4n) is 2.42. The fraction of sp³-hybridized carbons (Fsp3) is 0.500.